The summed E-state index contributed by atoms with van der Waals surface area (Å²) >= 11 is 0. The first-order chi connectivity index (χ1) is 8.35. The second-order valence-corrected chi connectivity index (χ2v) is 6.33. The van der Waals surface area contributed by atoms with E-state index in [0.29, 0.717) is 6.04 Å². The van der Waals surface area contributed by atoms with E-state index in [0.717, 1.165) is 39.0 Å². The van der Waals surface area contributed by atoms with Crippen LogP contribution in [0.15, 0.2) is 0 Å². The third-order valence-corrected chi connectivity index (χ3v) is 3.46. The first-order valence-corrected chi connectivity index (χ1v) is 6.75. The van der Waals surface area contributed by atoms with Gasteiger partial charge in [-0.15, -0.1) is 0 Å². The van der Waals surface area contributed by atoms with E-state index in [4.69, 9.17) is 4.74 Å². The fourth-order valence-corrected chi connectivity index (χ4v) is 2.53. The molecular weight excluding hydrogens is 232 g/mol. The summed E-state index contributed by atoms with van der Waals surface area (Å²) in [5.41, 5.74) is -0.434. The number of likely N-dealkylation sites (tertiary alicyclic amines) is 2. The van der Waals surface area contributed by atoms with E-state index in [9.17, 15) is 9.90 Å². The molecular formula is C13H24N2O3. The van der Waals surface area contributed by atoms with Crippen molar-refractivity contribution in [1.29, 1.82) is 0 Å². The lowest BCUT2D eigenvalue weighted by Crippen LogP contribution is -2.60. The molecule has 0 aromatic carbocycles. The Balaban J connectivity index is 1.84. The van der Waals surface area contributed by atoms with Crippen LogP contribution in [0.2, 0.25) is 0 Å². The highest BCUT2D eigenvalue weighted by molar-refractivity contribution is 5.68. The lowest BCUT2D eigenvalue weighted by atomic mass is 10.00. The Hall–Kier alpha value is -0.810. The number of amides is 1. The van der Waals surface area contributed by atoms with E-state index in [1.807, 2.05) is 20.8 Å². The van der Waals surface area contributed by atoms with E-state index in [2.05, 4.69) is 4.90 Å². The Morgan fingerprint density at radius 1 is 1.28 bits per heavy atom. The molecule has 5 heteroatoms. The van der Waals surface area contributed by atoms with Crippen LogP contribution in [-0.4, -0.2) is 64.9 Å². The topological polar surface area (TPSA) is 53.0 Å². The predicted molar refractivity (Wildman–Crippen MR) is 68.4 cm³/mol. The molecule has 2 fully saturated rings. The quantitative estimate of drug-likeness (QED) is 0.762. The van der Waals surface area contributed by atoms with E-state index < -0.39 is 5.60 Å². The molecule has 0 aromatic rings. The third kappa shape index (κ3) is 3.36. The van der Waals surface area contributed by atoms with Gasteiger partial charge in [-0.1, -0.05) is 0 Å². The monoisotopic (exact) mass is 256 g/mol. The highest BCUT2D eigenvalue weighted by Gasteiger charge is 2.35. The number of piperidine rings is 1. The van der Waals surface area contributed by atoms with E-state index >= 15 is 0 Å². The number of carbonyl (C=O) groups is 1. The molecule has 1 amide bonds. The number of ether oxygens (including phenoxy) is 1. The van der Waals surface area contributed by atoms with Crippen molar-refractivity contribution in [3.63, 3.8) is 0 Å². The van der Waals surface area contributed by atoms with Crippen LogP contribution in [-0.2, 0) is 4.74 Å². The first kappa shape index (κ1) is 13.6. The average Bonchev–Trinajstić information content (AvgIpc) is 2.23. The summed E-state index contributed by atoms with van der Waals surface area (Å²) in [6.07, 6.45) is 1.72. The standard InChI is InChI=1S/C13H24N2O3/c1-13(2,3)18-12(17)14-6-4-5-10(7-14)15-8-11(16)9-15/h10-11,16H,4-9H2,1-3H3/t10-/m0/s1. The highest BCUT2D eigenvalue weighted by atomic mass is 16.6. The highest BCUT2D eigenvalue weighted by Crippen LogP contribution is 2.22. The maximum atomic E-state index is 12.0. The van der Waals surface area contributed by atoms with Crippen LogP contribution in [0.1, 0.15) is 33.6 Å². The molecule has 2 aliphatic rings. The Morgan fingerprint density at radius 3 is 2.50 bits per heavy atom. The van der Waals surface area contributed by atoms with Gasteiger partial charge in [0.05, 0.1) is 6.10 Å². The fraction of sp³-hybridized carbons (Fsp3) is 0.923. The molecule has 0 aliphatic carbocycles. The molecule has 2 heterocycles. The SMILES string of the molecule is CC(C)(C)OC(=O)N1CCC[C@H](N2CC(O)C2)C1. The molecule has 0 spiro atoms. The number of hydrogen-bond acceptors (Lipinski definition) is 4. The molecule has 5 nitrogen and oxygen atoms in total. The van der Waals surface area contributed by atoms with Crippen molar-refractivity contribution in [2.45, 2.75) is 51.4 Å². The zero-order chi connectivity index (χ0) is 13.3. The van der Waals surface area contributed by atoms with Gasteiger partial charge in [0.2, 0.25) is 0 Å². The molecule has 1 N–H and O–H groups in total. The number of carbonyl (C=O) groups excluding carboxylic acids is 1. The number of hydrogen-bond donors (Lipinski definition) is 1. The molecule has 2 saturated heterocycles. The number of rotatable bonds is 1. The number of nitrogens with zero attached hydrogens (tertiary/aromatic N) is 2. The molecule has 104 valence electrons. The van der Waals surface area contributed by atoms with E-state index in [1.165, 1.54) is 0 Å². The molecule has 18 heavy (non-hydrogen) atoms. The summed E-state index contributed by atoms with van der Waals surface area (Å²) < 4.78 is 5.40. The predicted octanol–water partition coefficient (Wildman–Crippen LogP) is 1.06. The largest absolute Gasteiger partial charge is 0.444 e. The molecule has 0 bridgehead atoms. The molecule has 0 unspecified atom stereocenters. The summed E-state index contributed by atoms with van der Waals surface area (Å²) in [7, 11) is 0. The van der Waals surface area contributed by atoms with Gasteiger partial charge in [-0.3, -0.25) is 4.90 Å². The Kier molecular flexibility index (Phi) is 3.82. The second kappa shape index (κ2) is 5.05. The van der Waals surface area contributed by atoms with Gasteiger partial charge >= 0.3 is 6.09 Å². The van der Waals surface area contributed by atoms with Crippen LogP contribution in [0.5, 0.6) is 0 Å². The van der Waals surface area contributed by atoms with Crippen LogP contribution in [0.25, 0.3) is 0 Å². The molecule has 0 aromatic heterocycles. The average molecular weight is 256 g/mol. The van der Waals surface area contributed by atoms with Gasteiger partial charge in [0.15, 0.2) is 0 Å². The van der Waals surface area contributed by atoms with E-state index in [1.54, 1.807) is 4.90 Å². The molecule has 2 rings (SSSR count). The lowest BCUT2D eigenvalue weighted by Gasteiger charge is -2.45. The van der Waals surface area contributed by atoms with Crippen molar-refractivity contribution in [3.8, 4) is 0 Å². The minimum atomic E-state index is -0.434. The normalized spacial score (nSPS) is 26.9. The maximum Gasteiger partial charge on any atom is 0.410 e. The smallest absolute Gasteiger partial charge is 0.410 e. The van der Waals surface area contributed by atoms with Crippen molar-refractivity contribution in [1.82, 2.24) is 9.80 Å². The lowest BCUT2D eigenvalue weighted by molar-refractivity contribution is -0.0461. The fourth-order valence-electron chi connectivity index (χ4n) is 2.53. The summed E-state index contributed by atoms with van der Waals surface area (Å²) in [4.78, 5) is 16.0. The maximum absolute atomic E-state index is 12.0. The zero-order valence-electron chi connectivity index (χ0n) is 11.6. The summed E-state index contributed by atoms with van der Waals surface area (Å²) in [6, 6.07) is 0.384. The first-order valence-electron chi connectivity index (χ1n) is 6.75. The van der Waals surface area contributed by atoms with Crippen molar-refractivity contribution in [2.24, 2.45) is 0 Å². The van der Waals surface area contributed by atoms with Crippen molar-refractivity contribution >= 4 is 6.09 Å². The second-order valence-electron chi connectivity index (χ2n) is 6.33. The number of β-amino-alcohol motifs (C(OH)–C–C–N with tert-alkyl or cyclic N) is 1. The van der Waals surface area contributed by atoms with Crippen molar-refractivity contribution in [3.05, 3.63) is 0 Å². The molecule has 2 aliphatic heterocycles. The van der Waals surface area contributed by atoms with Gasteiger partial charge in [-0.25, -0.2) is 4.79 Å². The van der Waals surface area contributed by atoms with Crippen LogP contribution in [0, 0.1) is 0 Å². The van der Waals surface area contributed by atoms with Crippen LogP contribution in [0.4, 0.5) is 4.79 Å². The van der Waals surface area contributed by atoms with Crippen LogP contribution in [0.3, 0.4) is 0 Å². The van der Waals surface area contributed by atoms with Gasteiger partial charge in [0.25, 0.3) is 0 Å². The third-order valence-electron chi connectivity index (χ3n) is 3.46. The molecule has 0 saturated carbocycles. The number of aliphatic hydroxyl groups is 1. The van der Waals surface area contributed by atoms with Crippen LogP contribution < -0.4 is 0 Å². The Bertz CT molecular complexity index is 308. The Labute approximate surface area is 109 Å². The minimum absolute atomic E-state index is 0.179. The van der Waals surface area contributed by atoms with E-state index in [-0.39, 0.29) is 12.2 Å². The van der Waals surface area contributed by atoms with Gasteiger partial charge in [0.1, 0.15) is 5.60 Å². The van der Waals surface area contributed by atoms with Crippen molar-refractivity contribution < 1.29 is 14.6 Å². The summed E-state index contributed by atoms with van der Waals surface area (Å²) in [6.45, 7) is 8.65. The van der Waals surface area contributed by atoms with Gasteiger partial charge in [-0.05, 0) is 33.6 Å². The summed E-state index contributed by atoms with van der Waals surface area (Å²) in [5, 5.41) is 9.33. The summed E-state index contributed by atoms with van der Waals surface area (Å²) in [5.74, 6) is 0. The zero-order valence-corrected chi connectivity index (χ0v) is 11.6. The minimum Gasteiger partial charge on any atom is -0.444 e. The van der Waals surface area contributed by atoms with Crippen molar-refractivity contribution in [2.75, 3.05) is 26.2 Å². The Morgan fingerprint density at radius 2 is 1.94 bits per heavy atom. The van der Waals surface area contributed by atoms with Gasteiger partial charge < -0.3 is 14.7 Å². The van der Waals surface area contributed by atoms with Crippen LogP contribution >= 0.6 is 0 Å². The molecule has 0 radical (unpaired) electrons. The van der Waals surface area contributed by atoms with Gasteiger partial charge in [0, 0.05) is 32.2 Å². The van der Waals surface area contributed by atoms with Gasteiger partial charge in [-0.2, -0.15) is 0 Å². The molecule has 1 atom stereocenters. The number of aliphatic hydroxyl groups excluding tert-OH is 1.